The Morgan fingerprint density at radius 2 is 2.00 bits per heavy atom. The number of hydrogen-bond acceptors (Lipinski definition) is 4. The van der Waals surface area contributed by atoms with Crippen molar-refractivity contribution in [3.8, 4) is 5.75 Å². The second-order valence-electron chi connectivity index (χ2n) is 5.02. The van der Waals surface area contributed by atoms with Crippen LogP contribution >= 0.6 is 22.3 Å². The zero-order valence-corrected chi connectivity index (χ0v) is 12.6. The molecule has 1 aromatic heterocycles. The molecule has 1 heterocycles. The van der Waals surface area contributed by atoms with Gasteiger partial charge in [0.25, 0.3) is 0 Å². The molecule has 0 aromatic carbocycles. The summed E-state index contributed by atoms with van der Waals surface area (Å²) in [5.41, 5.74) is -0.386. The number of rotatable bonds is 5. The summed E-state index contributed by atoms with van der Waals surface area (Å²) < 4.78 is 28.3. The van der Waals surface area contributed by atoms with Crippen molar-refractivity contribution in [3.05, 3.63) is 23.5 Å². The highest BCUT2D eigenvalue weighted by Crippen LogP contribution is 2.40. The maximum Gasteiger partial charge on any atom is 0.233 e. The molecule has 0 N–H and O–H groups in total. The number of pyridine rings is 1. The molecule has 19 heavy (non-hydrogen) atoms. The molecule has 0 saturated heterocycles. The first-order valence-electron chi connectivity index (χ1n) is 6.04. The Morgan fingerprint density at radius 3 is 2.58 bits per heavy atom. The van der Waals surface area contributed by atoms with E-state index in [1.807, 2.05) is 0 Å². The minimum absolute atomic E-state index is 0.0461. The quantitative estimate of drug-likeness (QED) is 0.780. The third kappa shape index (κ3) is 4.51. The number of halogens is 2. The van der Waals surface area contributed by atoms with Gasteiger partial charge in [0.05, 0.1) is 23.6 Å². The summed E-state index contributed by atoms with van der Waals surface area (Å²) in [5, 5.41) is 0.489. The smallest absolute Gasteiger partial charge is 0.233 e. The Labute approximate surface area is 122 Å². The van der Waals surface area contributed by atoms with Crippen molar-refractivity contribution >= 4 is 31.3 Å². The van der Waals surface area contributed by atoms with E-state index in [-0.39, 0.29) is 11.2 Å². The van der Waals surface area contributed by atoms with Gasteiger partial charge < -0.3 is 4.74 Å². The summed E-state index contributed by atoms with van der Waals surface area (Å²) in [5.74, 6) is 0.501. The average molecular weight is 324 g/mol. The van der Waals surface area contributed by atoms with Crippen LogP contribution in [0.5, 0.6) is 5.75 Å². The number of aromatic nitrogens is 1. The van der Waals surface area contributed by atoms with Crippen molar-refractivity contribution in [1.82, 2.24) is 4.98 Å². The van der Waals surface area contributed by atoms with E-state index in [2.05, 4.69) is 4.98 Å². The Kier molecular flexibility index (Phi) is 4.58. The number of hydrogen-bond donors (Lipinski definition) is 0. The molecule has 106 valence electrons. The first-order valence-corrected chi connectivity index (χ1v) is 8.90. The van der Waals surface area contributed by atoms with E-state index in [0.29, 0.717) is 17.4 Å². The molecule has 1 saturated carbocycles. The highest BCUT2D eigenvalue weighted by Gasteiger charge is 2.38. The number of ether oxygens (including phenoxy) is 1. The molecule has 7 heteroatoms. The van der Waals surface area contributed by atoms with Crippen LogP contribution in [0, 0.1) is 5.41 Å². The first kappa shape index (κ1) is 14.9. The van der Waals surface area contributed by atoms with Crippen molar-refractivity contribution < 1.29 is 13.2 Å². The summed E-state index contributed by atoms with van der Waals surface area (Å²) in [6.45, 7) is 0.320. The van der Waals surface area contributed by atoms with Gasteiger partial charge in [-0.15, -0.1) is 0 Å². The molecule has 0 unspecified atom stereocenters. The van der Waals surface area contributed by atoms with Gasteiger partial charge in [-0.05, 0) is 12.8 Å². The topological polar surface area (TPSA) is 56.3 Å². The van der Waals surface area contributed by atoms with Crippen LogP contribution in [0.3, 0.4) is 0 Å². The summed E-state index contributed by atoms with van der Waals surface area (Å²) in [6.07, 6.45) is 6.71. The summed E-state index contributed by atoms with van der Waals surface area (Å²) >= 11 is 5.82. The predicted octanol–water partition coefficient (Wildman–Crippen LogP) is 3.24. The lowest BCUT2D eigenvalue weighted by molar-refractivity contribution is 0.170. The second-order valence-corrected chi connectivity index (χ2v) is 8.23. The molecule has 1 aliphatic carbocycles. The van der Waals surface area contributed by atoms with Crippen LogP contribution in [0.2, 0.25) is 5.02 Å². The minimum Gasteiger partial charge on any atom is -0.491 e. The fourth-order valence-corrected chi connectivity index (χ4v) is 4.49. The highest BCUT2D eigenvalue weighted by atomic mass is 35.7. The molecule has 0 radical (unpaired) electrons. The zero-order chi connectivity index (χ0) is 13.9. The van der Waals surface area contributed by atoms with Crippen LogP contribution in [0.4, 0.5) is 0 Å². The molecular formula is C12H15Cl2NO3S. The minimum atomic E-state index is -3.53. The van der Waals surface area contributed by atoms with E-state index >= 15 is 0 Å². The third-order valence-corrected chi connectivity index (χ3v) is 4.86. The van der Waals surface area contributed by atoms with E-state index in [9.17, 15) is 8.42 Å². The summed E-state index contributed by atoms with van der Waals surface area (Å²) in [6, 6.07) is 1.66. The molecule has 4 nitrogen and oxygen atoms in total. The molecule has 0 atom stereocenters. The molecule has 0 bridgehead atoms. The Balaban J connectivity index is 2.05. The van der Waals surface area contributed by atoms with Crippen LogP contribution in [0.15, 0.2) is 18.5 Å². The predicted molar refractivity (Wildman–Crippen MR) is 75.3 cm³/mol. The van der Waals surface area contributed by atoms with E-state index in [0.717, 1.165) is 25.7 Å². The Hall–Kier alpha value is -0.520. The van der Waals surface area contributed by atoms with Crippen molar-refractivity contribution in [2.24, 2.45) is 5.41 Å². The fourth-order valence-electron chi connectivity index (χ4n) is 2.53. The molecule has 1 fully saturated rings. The standard InChI is InChI=1S/C12H15Cl2NO3S/c13-10-5-11(7-15-6-10)18-8-12(3-1-2-4-12)9-19(14,16)17/h5-7H,1-4,8-9H2. The van der Waals surface area contributed by atoms with Gasteiger partial charge in [-0.2, -0.15) is 0 Å². The monoisotopic (exact) mass is 323 g/mol. The lowest BCUT2D eigenvalue weighted by Crippen LogP contribution is -2.32. The van der Waals surface area contributed by atoms with Gasteiger partial charge in [-0.1, -0.05) is 24.4 Å². The lowest BCUT2D eigenvalue weighted by Gasteiger charge is -2.27. The van der Waals surface area contributed by atoms with E-state index in [1.54, 1.807) is 12.3 Å². The number of nitrogens with zero attached hydrogens (tertiary/aromatic N) is 1. The van der Waals surface area contributed by atoms with Crippen LogP contribution in [-0.2, 0) is 9.05 Å². The average Bonchev–Trinajstić information content (AvgIpc) is 2.73. The SMILES string of the molecule is O=S(=O)(Cl)CC1(COc2cncc(Cl)c2)CCCC1. The summed E-state index contributed by atoms with van der Waals surface area (Å²) in [7, 11) is 1.86. The van der Waals surface area contributed by atoms with Crippen molar-refractivity contribution in [2.45, 2.75) is 25.7 Å². The van der Waals surface area contributed by atoms with Gasteiger partial charge >= 0.3 is 0 Å². The second kappa shape index (κ2) is 5.85. The maximum absolute atomic E-state index is 11.3. The summed E-state index contributed by atoms with van der Waals surface area (Å²) in [4.78, 5) is 3.93. The van der Waals surface area contributed by atoms with Crippen LogP contribution in [-0.4, -0.2) is 25.8 Å². The van der Waals surface area contributed by atoms with Crippen molar-refractivity contribution in [2.75, 3.05) is 12.4 Å². The van der Waals surface area contributed by atoms with E-state index in [4.69, 9.17) is 27.0 Å². The van der Waals surface area contributed by atoms with Crippen LogP contribution in [0.1, 0.15) is 25.7 Å². The van der Waals surface area contributed by atoms with Gasteiger partial charge in [-0.25, -0.2) is 8.42 Å². The Bertz CT molecular complexity index is 542. The normalized spacial score (nSPS) is 18.4. The molecule has 0 spiro atoms. The maximum atomic E-state index is 11.3. The third-order valence-electron chi connectivity index (χ3n) is 3.37. The lowest BCUT2D eigenvalue weighted by atomic mass is 9.90. The van der Waals surface area contributed by atoms with Gasteiger partial charge in [0.2, 0.25) is 9.05 Å². The van der Waals surface area contributed by atoms with Gasteiger partial charge in [-0.3, -0.25) is 4.98 Å². The fraction of sp³-hybridized carbons (Fsp3) is 0.583. The van der Waals surface area contributed by atoms with E-state index in [1.165, 1.54) is 6.20 Å². The van der Waals surface area contributed by atoms with Gasteiger partial charge in [0.15, 0.2) is 0 Å². The molecule has 2 rings (SSSR count). The van der Waals surface area contributed by atoms with E-state index < -0.39 is 9.05 Å². The molecular weight excluding hydrogens is 309 g/mol. The first-order chi connectivity index (χ1) is 8.89. The molecule has 1 aliphatic rings. The van der Waals surface area contributed by atoms with Crippen molar-refractivity contribution in [1.29, 1.82) is 0 Å². The zero-order valence-electron chi connectivity index (χ0n) is 10.3. The van der Waals surface area contributed by atoms with Crippen LogP contribution < -0.4 is 4.74 Å². The molecule has 0 amide bonds. The van der Waals surface area contributed by atoms with Gasteiger partial charge in [0.1, 0.15) is 5.75 Å². The van der Waals surface area contributed by atoms with Gasteiger partial charge in [0, 0.05) is 28.4 Å². The molecule has 1 aromatic rings. The largest absolute Gasteiger partial charge is 0.491 e. The highest BCUT2D eigenvalue weighted by molar-refractivity contribution is 8.13. The Morgan fingerprint density at radius 1 is 1.32 bits per heavy atom. The van der Waals surface area contributed by atoms with Crippen LogP contribution in [0.25, 0.3) is 0 Å². The van der Waals surface area contributed by atoms with Crippen molar-refractivity contribution in [3.63, 3.8) is 0 Å². The molecule has 0 aliphatic heterocycles.